The van der Waals surface area contributed by atoms with E-state index in [2.05, 4.69) is 19.2 Å². The first kappa shape index (κ1) is 12.9. The molecule has 0 aromatic carbocycles. The summed E-state index contributed by atoms with van der Waals surface area (Å²) in [7, 11) is 0. The van der Waals surface area contributed by atoms with Crippen LogP contribution in [0.25, 0.3) is 0 Å². The number of aliphatic hydroxyl groups is 1. The number of hydrogen-bond donors (Lipinski definition) is 2. The fourth-order valence-electron chi connectivity index (χ4n) is 1.12. The predicted molar refractivity (Wildman–Crippen MR) is 57.9 cm³/mol. The molecule has 0 fully saturated rings. The maximum absolute atomic E-state index is 9.67. The molecule has 2 heteroatoms. The minimum absolute atomic E-state index is 0.530. The van der Waals surface area contributed by atoms with E-state index in [-0.39, 0.29) is 0 Å². The van der Waals surface area contributed by atoms with Crippen molar-refractivity contribution in [3.05, 3.63) is 0 Å². The molecule has 0 heterocycles. The summed E-state index contributed by atoms with van der Waals surface area (Å²) in [4.78, 5) is 0. The van der Waals surface area contributed by atoms with E-state index in [1.165, 1.54) is 12.8 Å². The van der Waals surface area contributed by atoms with Crippen molar-refractivity contribution in [1.82, 2.24) is 5.32 Å². The molecule has 0 aliphatic carbocycles. The van der Waals surface area contributed by atoms with Crippen molar-refractivity contribution in [2.45, 2.75) is 52.6 Å². The molecule has 80 valence electrons. The van der Waals surface area contributed by atoms with Gasteiger partial charge in [0.05, 0.1) is 5.60 Å². The van der Waals surface area contributed by atoms with Gasteiger partial charge in [0.25, 0.3) is 0 Å². The van der Waals surface area contributed by atoms with E-state index >= 15 is 0 Å². The minimum Gasteiger partial charge on any atom is -0.389 e. The Morgan fingerprint density at radius 2 is 2.00 bits per heavy atom. The summed E-state index contributed by atoms with van der Waals surface area (Å²) in [6.45, 7) is 10.1. The molecule has 2 nitrogen and oxygen atoms in total. The third kappa shape index (κ3) is 8.26. The second kappa shape index (κ2) is 6.39. The molecule has 0 spiro atoms. The van der Waals surface area contributed by atoms with E-state index in [1.54, 1.807) is 0 Å². The maximum Gasteiger partial charge on any atom is 0.0740 e. The smallest absolute Gasteiger partial charge is 0.0740 e. The SMILES string of the molecule is CCC(C)(O)CNCCCC(C)C. The molecule has 13 heavy (non-hydrogen) atoms. The number of rotatable bonds is 7. The molecule has 1 unspecified atom stereocenters. The van der Waals surface area contributed by atoms with Gasteiger partial charge in [-0.1, -0.05) is 20.8 Å². The molecule has 1 atom stereocenters. The third-order valence-electron chi connectivity index (χ3n) is 2.40. The van der Waals surface area contributed by atoms with Crippen molar-refractivity contribution in [3.63, 3.8) is 0 Å². The van der Waals surface area contributed by atoms with Gasteiger partial charge in [0.15, 0.2) is 0 Å². The summed E-state index contributed by atoms with van der Waals surface area (Å²) in [6, 6.07) is 0. The van der Waals surface area contributed by atoms with Crippen molar-refractivity contribution >= 4 is 0 Å². The molecule has 0 saturated heterocycles. The zero-order valence-electron chi connectivity index (χ0n) is 9.56. The average Bonchev–Trinajstić information content (AvgIpc) is 2.03. The van der Waals surface area contributed by atoms with E-state index in [0.29, 0.717) is 6.54 Å². The van der Waals surface area contributed by atoms with Gasteiger partial charge in [0, 0.05) is 6.54 Å². The molecule has 0 radical (unpaired) electrons. The van der Waals surface area contributed by atoms with Crippen LogP contribution < -0.4 is 5.32 Å². The molecular weight excluding hydrogens is 162 g/mol. The van der Waals surface area contributed by atoms with Gasteiger partial charge in [-0.05, 0) is 38.6 Å². The van der Waals surface area contributed by atoms with Crippen molar-refractivity contribution in [3.8, 4) is 0 Å². The van der Waals surface area contributed by atoms with Crippen LogP contribution in [0, 0.1) is 5.92 Å². The lowest BCUT2D eigenvalue weighted by atomic mass is 10.0. The summed E-state index contributed by atoms with van der Waals surface area (Å²) in [5, 5.41) is 13.0. The largest absolute Gasteiger partial charge is 0.389 e. The summed E-state index contributed by atoms with van der Waals surface area (Å²) in [6.07, 6.45) is 3.28. The molecule has 2 N–H and O–H groups in total. The van der Waals surface area contributed by atoms with Crippen LogP contribution in [-0.2, 0) is 0 Å². The second-order valence-electron chi connectivity index (χ2n) is 4.56. The van der Waals surface area contributed by atoms with Gasteiger partial charge in [-0.25, -0.2) is 0 Å². The Bertz CT molecular complexity index is 121. The normalized spacial score (nSPS) is 16.2. The van der Waals surface area contributed by atoms with Crippen molar-refractivity contribution in [2.75, 3.05) is 13.1 Å². The van der Waals surface area contributed by atoms with Gasteiger partial charge in [-0.15, -0.1) is 0 Å². The van der Waals surface area contributed by atoms with Gasteiger partial charge in [-0.2, -0.15) is 0 Å². The van der Waals surface area contributed by atoms with Gasteiger partial charge >= 0.3 is 0 Å². The Morgan fingerprint density at radius 1 is 1.38 bits per heavy atom. The van der Waals surface area contributed by atoms with Gasteiger partial charge in [0.1, 0.15) is 0 Å². The Morgan fingerprint density at radius 3 is 2.46 bits per heavy atom. The fraction of sp³-hybridized carbons (Fsp3) is 1.00. The van der Waals surface area contributed by atoms with Crippen LogP contribution in [0.5, 0.6) is 0 Å². The van der Waals surface area contributed by atoms with Gasteiger partial charge in [0.2, 0.25) is 0 Å². The minimum atomic E-state index is -0.530. The first-order valence-corrected chi connectivity index (χ1v) is 5.41. The lowest BCUT2D eigenvalue weighted by molar-refractivity contribution is 0.0559. The molecule has 0 amide bonds. The summed E-state index contributed by atoms with van der Waals surface area (Å²) < 4.78 is 0. The van der Waals surface area contributed by atoms with Gasteiger partial charge < -0.3 is 10.4 Å². The number of hydrogen-bond acceptors (Lipinski definition) is 2. The third-order valence-corrected chi connectivity index (χ3v) is 2.40. The molecule has 0 bridgehead atoms. The highest BCUT2D eigenvalue weighted by atomic mass is 16.3. The predicted octanol–water partition coefficient (Wildman–Crippen LogP) is 2.17. The van der Waals surface area contributed by atoms with Crippen LogP contribution in [-0.4, -0.2) is 23.8 Å². The Balaban J connectivity index is 3.26. The quantitative estimate of drug-likeness (QED) is 0.599. The molecule has 0 aliphatic heterocycles. The van der Waals surface area contributed by atoms with E-state index in [9.17, 15) is 5.11 Å². The summed E-state index contributed by atoms with van der Waals surface area (Å²) in [5.74, 6) is 0.786. The summed E-state index contributed by atoms with van der Waals surface area (Å²) in [5.41, 5.74) is -0.530. The first-order valence-electron chi connectivity index (χ1n) is 5.41. The highest BCUT2D eigenvalue weighted by molar-refractivity contribution is 4.72. The highest BCUT2D eigenvalue weighted by Crippen LogP contribution is 2.06. The van der Waals surface area contributed by atoms with Crippen molar-refractivity contribution in [1.29, 1.82) is 0 Å². The highest BCUT2D eigenvalue weighted by Gasteiger charge is 2.15. The zero-order chi connectivity index (χ0) is 10.3. The lowest BCUT2D eigenvalue weighted by Gasteiger charge is -2.21. The van der Waals surface area contributed by atoms with Gasteiger partial charge in [-0.3, -0.25) is 0 Å². The number of nitrogens with one attached hydrogen (secondary N) is 1. The van der Waals surface area contributed by atoms with E-state index in [0.717, 1.165) is 18.9 Å². The molecule has 0 aromatic rings. The Labute approximate surface area is 82.7 Å². The topological polar surface area (TPSA) is 32.3 Å². The van der Waals surface area contributed by atoms with Crippen LogP contribution in [0.15, 0.2) is 0 Å². The Kier molecular flexibility index (Phi) is 6.35. The molecule has 0 aliphatic rings. The van der Waals surface area contributed by atoms with Crippen LogP contribution in [0.4, 0.5) is 0 Å². The molecule has 0 rings (SSSR count). The maximum atomic E-state index is 9.67. The van der Waals surface area contributed by atoms with Crippen molar-refractivity contribution in [2.24, 2.45) is 5.92 Å². The summed E-state index contributed by atoms with van der Waals surface area (Å²) >= 11 is 0. The monoisotopic (exact) mass is 187 g/mol. The molecule has 0 aromatic heterocycles. The van der Waals surface area contributed by atoms with E-state index in [4.69, 9.17) is 0 Å². The van der Waals surface area contributed by atoms with E-state index < -0.39 is 5.60 Å². The fourth-order valence-corrected chi connectivity index (χ4v) is 1.12. The lowest BCUT2D eigenvalue weighted by Crippen LogP contribution is -2.37. The van der Waals surface area contributed by atoms with Crippen LogP contribution in [0.2, 0.25) is 0 Å². The van der Waals surface area contributed by atoms with Crippen LogP contribution >= 0.6 is 0 Å². The standard InChI is InChI=1S/C11H25NO/c1-5-11(4,13)9-12-8-6-7-10(2)3/h10,12-13H,5-9H2,1-4H3. The first-order chi connectivity index (χ1) is 5.98. The van der Waals surface area contributed by atoms with Crippen molar-refractivity contribution < 1.29 is 5.11 Å². The average molecular weight is 187 g/mol. The van der Waals surface area contributed by atoms with Crippen LogP contribution in [0.1, 0.15) is 47.0 Å². The molecular formula is C11H25NO. The Hall–Kier alpha value is -0.0800. The second-order valence-corrected chi connectivity index (χ2v) is 4.56. The zero-order valence-corrected chi connectivity index (χ0v) is 9.56. The molecule has 0 saturated carbocycles. The van der Waals surface area contributed by atoms with Crippen LogP contribution in [0.3, 0.4) is 0 Å². The van der Waals surface area contributed by atoms with E-state index in [1.807, 2.05) is 13.8 Å².